The van der Waals surface area contributed by atoms with E-state index in [1.807, 2.05) is 48.2 Å². The predicted octanol–water partition coefficient (Wildman–Crippen LogP) is 4.18. The lowest BCUT2D eigenvalue weighted by Gasteiger charge is -2.19. The monoisotopic (exact) mass is 347 g/mol. The minimum Gasteiger partial charge on any atom is -0.334 e. The van der Waals surface area contributed by atoms with Gasteiger partial charge in [-0.05, 0) is 49.6 Å². The molecule has 2 aromatic carbocycles. The molecule has 132 valence electrons. The molecule has 3 aromatic rings. The smallest absolute Gasteiger partial charge is 0.258 e. The third-order valence-corrected chi connectivity index (χ3v) is 5.17. The van der Waals surface area contributed by atoms with Crippen LogP contribution in [0.4, 0.5) is 5.69 Å². The Balaban J connectivity index is 1.60. The lowest BCUT2D eigenvalue weighted by Crippen LogP contribution is -2.25. The van der Waals surface area contributed by atoms with Gasteiger partial charge in [0, 0.05) is 30.1 Å². The molecule has 1 atom stereocenters. The van der Waals surface area contributed by atoms with Crippen LogP contribution >= 0.6 is 0 Å². The minimum absolute atomic E-state index is 0.0519. The summed E-state index contributed by atoms with van der Waals surface area (Å²) < 4.78 is 5.47. The zero-order chi connectivity index (χ0) is 18.3. The van der Waals surface area contributed by atoms with Crippen molar-refractivity contribution in [3.05, 3.63) is 65.0 Å². The van der Waals surface area contributed by atoms with Crippen molar-refractivity contribution in [2.45, 2.75) is 33.1 Å². The van der Waals surface area contributed by atoms with Crippen molar-refractivity contribution in [2.75, 3.05) is 11.4 Å². The Kier molecular flexibility index (Phi) is 4.07. The van der Waals surface area contributed by atoms with Gasteiger partial charge in [-0.25, -0.2) is 0 Å². The van der Waals surface area contributed by atoms with Crippen LogP contribution in [0, 0.1) is 20.8 Å². The second kappa shape index (κ2) is 6.41. The standard InChI is InChI=1S/C21H21N3O2/c1-13-8-6-10-18(15(13)3)24-12-16(11-19(24)25)20-22-21(26-23-20)17-9-5-4-7-14(17)2/h4-10,16H,11-12H2,1-3H3. The molecule has 1 aliphatic heterocycles. The molecule has 1 saturated heterocycles. The van der Waals surface area contributed by atoms with Crippen LogP contribution in [0.5, 0.6) is 0 Å². The molecular weight excluding hydrogens is 326 g/mol. The van der Waals surface area contributed by atoms with Crippen LogP contribution in [0.25, 0.3) is 11.5 Å². The van der Waals surface area contributed by atoms with E-state index < -0.39 is 0 Å². The molecule has 4 rings (SSSR count). The second-order valence-corrected chi connectivity index (χ2v) is 6.90. The average Bonchev–Trinajstić information content (AvgIpc) is 3.25. The van der Waals surface area contributed by atoms with Crippen molar-refractivity contribution in [1.29, 1.82) is 0 Å². The molecule has 2 heterocycles. The fourth-order valence-electron chi connectivity index (χ4n) is 3.46. The maximum absolute atomic E-state index is 12.6. The summed E-state index contributed by atoms with van der Waals surface area (Å²) in [5, 5.41) is 4.15. The first-order chi connectivity index (χ1) is 12.5. The highest BCUT2D eigenvalue weighted by molar-refractivity contribution is 5.97. The Morgan fingerprint density at radius 2 is 1.81 bits per heavy atom. The van der Waals surface area contributed by atoms with Gasteiger partial charge in [-0.1, -0.05) is 35.5 Å². The Morgan fingerprint density at radius 3 is 2.62 bits per heavy atom. The maximum atomic E-state index is 12.6. The molecule has 1 fully saturated rings. The first kappa shape index (κ1) is 16.5. The lowest BCUT2D eigenvalue weighted by molar-refractivity contribution is -0.117. The summed E-state index contributed by atoms with van der Waals surface area (Å²) >= 11 is 0. The van der Waals surface area contributed by atoms with Crippen molar-refractivity contribution in [3.8, 4) is 11.5 Å². The molecule has 0 spiro atoms. The van der Waals surface area contributed by atoms with Crippen molar-refractivity contribution in [3.63, 3.8) is 0 Å². The molecular formula is C21H21N3O2. The van der Waals surface area contributed by atoms with E-state index in [2.05, 4.69) is 30.1 Å². The number of nitrogens with zero attached hydrogens (tertiary/aromatic N) is 3. The van der Waals surface area contributed by atoms with Gasteiger partial charge in [0.05, 0.1) is 0 Å². The summed E-state index contributed by atoms with van der Waals surface area (Å²) in [6.45, 7) is 6.71. The van der Waals surface area contributed by atoms with Crippen LogP contribution in [-0.2, 0) is 4.79 Å². The lowest BCUT2D eigenvalue weighted by atomic mass is 10.1. The minimum atomic E-state index is -0.0519. The van der Waals surface area contributed by atoms with Gasteiger partial charge < -0.3 is 9.42 Å². The van der Waals surface area contributed by atoms with Gasteiger partial charge in [-0.2, -0.15) is 4.98 Å². The van der Waals surface area contributed by atoms with Gasteiger partial charge in [0.1, 0.15) is 0 Å². The van der Waals surface area contributed by atoms with E-state index in [1.165, 1.54) is 5.56 Å². The van der Waals surface area contributed by atoms with Crippen molar-refractivity contribution < 1.29 is 9.32 Å². The Labute approximate surface area is 152 Å². The SMILES string of the molecule is Cc1ccccc1-c1nc(C2CC(=O)N(c3cccc(C)c3C)C2)no1. The summed E-state index contributed by atoms with van der Waals surface area (Å²) in [6, 6.07) is 14.0. The second-order valence-electron chi connectivity index (χ2n) is 6.90. The first-order valence-electron chi connectivity index (χ1n) is 8.81. The van der Waals surface area contributed by atoms with Crippen LogP contribution in [0.2, 0.25) is 0 Å². The van der Waals surface area contributed by atoms with E-state index in [4.69, 9.17) is 4.52 Å². The quantitative estimate of drug-likeness (QED) is 0.713. The van der Waals surface area contributed by atoms with E-state index in [0.717, 1.165) is 22.4 Å². The van der Waals surface area contributed by atoms with Crippen LogP contribution in [0.1, 0.15) is 34.9 Å². The molecule has 0 aliphatic carbocycles. The van der Waals surface area contributed by atoms with Crippen LogP contribution in [0.15, 0.2) is 47.0 Å². The summed E-state index contributed by atoms with van der Waals surface area (Å²) in [7, 11) is 0. The van der Waals surface area contributed by atoms with Crippen molar-refractivity contribution >= 4 is 11.6 Å². The van der Waals surface area contributed by atoms with Gasteiger partial charge in [-0.3, -0.25) is 4.79 Å². The van der Waals surface area contributed by atoms with Crippen LogP contribution in [0.3, 0.4) is 0 Å². The normalized spacial score (nSPS) is 17.1. The summed E-state index contributed by atoms with van der Waals surface area (Å²) in [5.74, 6) is 1.16. The highest BCUT2D eigenvalue weighted by Crippen LogP contribution is 2.34. The molecule has 1 aliphatic rings. The van der Waals surface area contributed by atoms with E-state index in [-0.39, 0.29) is 11.8 Å². The van der Waals surface area contributed by atoms with Crippen molar-refractivity contribution in [1.82, 2.24) is 10.1 Å². The molecule has 1 amide bonds. The van der Waals surface area contributed by atoms with Gasteiger partial charge in [0.15, 0.2) is 5.82 Å². The number of anilines is 1. The van der Waals surface area contributed by atoms with E-state index in [0.29, 0.717) is 24.7 Å². The topological polar surface area (TPSA) is 59.2 Å². The largest absolute Gasteiger partial charge is 0.334 e. The first-order valence-corrected chi connectivity index (χ1v) is 8.81. The number of aromatic nitrogens is 2. The summed E-state index contributed by atoms with van der Waals surface area (Å²) in [5.41, 5.74) is 5.31. The summed E-state index contributed by atoms with van der Waals surface area (Å²) in [6.07, 6.45) is 0.403. The molecule has 0 bridgehead atoms. The summed E-state index contributed by atoms with van der Waals surface area (Å²) in [4.78, 5) is 19.0. The average molecular weight is 347 g/mol. The molecule has 0 N–H and O–H groups in total. The third-order valence-electron chi connectivity index (χ3n) is 5.17. The van der Waals surface area contributed by atoms with Crippen LogP contribution < -0.4 is 4.90 Å². The molecule has 26 heavy (non-hydrogen) atoms. The molecule has 1 unspecified atom stereocenters. The molecule has 5 nitrogen and oxygen atoms in total. The number of rotatable bonds is 3. The molecule has 0 radical (unpaired) electrons. The fourth-order valence-corrected chi connectivity index (χ4v) is 3.46. The molecule has 1 aromatic heterocycles. The maximum Gasteiger partial charge on any atom is 0.258 e. The van der Waals surface area contributed by atoms with E-state index in [9.17, 15) is 4.79 Å². The van der Waals surface area contributed by atoms with Gasteiger partial charge in [0.25, 0.3) is 5.89 Å². The Bertz CT molecular complexity index is 977. The highest BCUT2D eigenvalue weighted by Gasteiger charge is 2.35. The number of amides is 1. The number of benzene rings is 2. The third kappa shape index (κ3) is 2.79. The van der Waals surface area contributed by atoms with E-state index >= 15 is 0 Å². The number of hydrogen-bond donors (Lipinski definition) is 0. The van der Waals surface area contributed by atoms with Gasteiger partial charge in [-0.15, -0.1) is 0 Å². The fraction of sp³-hybridized carbons (Fsp3) is 0.286. The van der Waals surface area contributed by atoms with Gasteiger partial charge in [0.2, 0.25) is 5.91 Å². The highest BCUT2D eigenvalue weighted by atomic mass is 16.5. The zero-order valence-corrected chi connectivity index (χ0v) is 15.2. The predicted molar refractivity (Wildman–Crippen MR) is 100 cm³/mol. The van der Waals surface area contributed by atoms with Gasteiger partial charge >= 0.3 is 0 Å². The van der Waals surface area contributed by atoms with E-state index in [1.54, 1.807) is 0 Å². The number of carbonyl (C=O) groups excluding carboxylic acids is 1. The zero-order valence-electron chi connectivity index (χ0n) is 15.2. The Morgan fingerprint density at radius 1 is 1.04 bits per heavy atom. The number of hydrogen-bond acceptors (Lipinski definition) is 4. The number of carbonyl (C=O) groups is 1. The molecule has 5 heteroatoms. The van der Waals surface area contributed by atoms with Crippen molar-refractivity contribution in [2.24, 2.45) is 0 Å². The Hall–Kier alpha value is -2.95. The number of aryl methyl sites for hydroxylation is 2. The molecule has 0 saturated carbocycles. The van der Waals surface area contributed by atoms with Crippen LogP contribution in [-0.4, -0.2) is 22.6 Å².